The SMILES string of the molecule is CCNC(O)Oc1ncnc(Nc2ccc(Nc3nc(NCC(O)CO)nc(NC(CC(=O)O)C(=O)O)n3)cc2)n1. The summed E-state index contributed by atoms with van der Waals surface area (Å²) in [6, 6.07) is 5.02. The minimum atomic E-state index is -1.53. The summed E-state index contributed by atoms with van der Waals surface area (Å²) in [6.07, 6.45) is -1.94. The van der Waals surface area contributed by atoms with Crippen molar-refractivity contribution in [2.75, 3.05) is 41.0 Å². The molecule has 0 aliphatic rings. The van der Waals surface area contributed by atoms with Gasteiger partial charge in [0.05, 0.1) is 19.1 Å². The van der Waals surface area contributed by atoms with Gasteiger partial charge >= 0.3 is 17.9 Å². The molecule has 0 spiro atoms. The van der Waals surface area contributed by atoms with E-state index in [2.05, 4.69) is 56.5 Å². The van der Waals surface area contributed by atoms with Crippen LogP contribution in [0.3, 0.4) is 0 Å². The second-order valence-corrected chi connectivity index (χ2v) is 8.10. The van der Waals surface area contributed by atoms with Crippen molar-refractivity contribution < 1.29 is 39.9 Å². The summed E-state index contributed by atoms with van der Waals surface area (Å²) in [5.74, 6) is -2.99. The number of hydrogen-bond donors (Lipinski definition) is 10. The van der Waals surface area contributed by atoms with E-state index in [-0.39, 0.29) is 36.3 Å². The van der Waals surface area contributed by atoms with Crippen molar-refractivity contribution in [3.63, 3.8) is 0 Å². The summed E-state index contributed by atoms with van der Waals surface area (Å²) in [6.45, 7) is 1.61. The molecule has 0 saturated heterocycles. The van der Waals surface area contributed by atoms with Crippen molar-refractivity contribution in [1.29, 1.82) is 0 Å². The zero-order valence-corrected chi connectivity index (χ0v) is 21.6. The first-order valence-corrected chi connectivity index (χ1v) is 12.1. The topological polar surface area (TPSA) is 282 Å². The van der Waals surface area contributed by atoms with Gasteiger partial charge in [-0.15, -0.1) is 0 Å². The monoisotopic (exact) mass is 575 g/mol. The number of carboxylic acid groups (broad SMARTS) is 2. The molecule has 0 fully saturated rings. The van der Waals surface area contributed by atoms with Gasteiger partial charge in [0.1, 0.15) is 12.4 Å². The van der Waals surface area contributed by atoms with Crippen molar-refractivity contribution in [1.82, 2.24) is 35.2 Å². The van der Waals surface area contributed by atoms with Gasteiger partial charge in [-0.25, -0.2) is 9.78 Å². The van der Waals surface area contributed by atoms with Gasteiger partial charge in [-0.1, -0.05) is 6.92 Å². The van der Waals surface area contributed by atoms with Crippen molar-refractivity contribution in [3.05, 3.63) is 30.6 Å². The fourth-order valence-corrected chi connectivity index (χ4v) is 2.99. The minimum Gasteiger partial charge on any atom is -0.481 e. The van der Waals surface area contributed by atoms with Crippen LogP contribution in [-0.4, -0.2) is 106 Å². The Bertz CT molecular complexity index is 1300. The van der Waals surface area contributed by atoms with Crippen LogP contribution in [0.25, 0.3) is 0 Å². The molecule has 0 bridgehead atoms. The average Bonchev–Trinajstić information content (AvgIpc) is 2.92. The molecule has 41 heavy (non-hydrogen) atoms. The zero-order valence-electron chi connectivity index (χ0n) is 21.6. The predicted octanol–water partition coefficient (Wildman–Crippen LogP) is -1.09. The minimum absolute atomic E-state index is 0.0397. The van der Waals surface area contributed by atoms with Crippen molar-refractivity contribution in [2.45, 2.75) is 31.9 Å². The number of aromatic nitrogens is 6. The van der Waals surface area contributed by atoms with Gasteiger partial charge in [0.2, 0.25) is 23.8 Å². The van der Waals surface area contributed by atoms with Crippen LogP contribution >= 0.6 is 0 Å². The second kappa shape index (κ2) is 15.0. The molecule has 1 aromatic carbocycles. The molecule has 0 aliphatic carbocycles. The van der Waals surface area contributed by atoms with E-state index in [0.717, 1.165) is 0 Å². The van der Waals surface area contributed by atoms with E-state index in [1.807, 2.05) is 0 Å². The highest BCUT2D eigenvalue weighted by molar-refractivity contribution is 5.83. The van der Waals surface area contributed by atoms with E-state index in [1.165, 1.54) is 6.33 Å². The molecule has 2 aromatic heterocycles. The Morgan fingerprint density at radius 3 is 2.15 bits per heavy atom. The third kappa shape index (κ3) is 10.3. The van der Waals surface area contributed by atoms with E-state index in [9.17, 15) is 24.9 Å². The van der Waals surface area contributed by atoms with Crippen LogP contribution in [0, 0.1) is 0 Å². The molecule has 10 N–H and O–H groups in total. The molecule has 0 radical (unpaired) electrons. The Kier molecular flexibility index (Phi) is 11.2. The van der Waals surface area contributed by atoms with Crippen molar-refractivity contribution >= 4 is 47.1 Å². The first-order valence-electron chi connectivity index (χ1n) is 12.1. The van der Waals surface area contributed by atoms with E-state index >= 15 is 0 Å². The summed E-state index contributed by atoms with van der Waals surface area (Å²) in [7, 11) is 0. The molecule has 3 unspecified atom stereocenters. The quantitative estimate of drug-likeness (QED) is 0.0855. The van der Waals surface area contributed by atoms with Crippen LogP contribution in [0.1, 0.15) is 13.3 Å². The van der Waals surface area contributed by atoms with Gasteiger partial charge in [-0.3, -0.25) is 10.1 Å². The lowest BCUT2D eigenvalue weighted by atomic mass is 10.2. The average molecular weight is 576 g/mol. The Morgan fingerprint density at radius 2 is 1.54 bits per heavy atom. The first kappa shape index (κ1) is 30.6. The lowest BCUT2D eigenvalue weighted by Gasteiger charge is -2.15. The first-order chi connectivity index (χ1) is 19.6. The molecule has 220 valence electrons. The number of nitrogens with zero attached hydrogens (tertiary/aromatic N) is 6. The van der Waals surface area contributed by atoms with Crippen LogP contribution in [0.5, 0.6) is 6.01 Å². The number of rotatable bonds is 17. The number of carbonyl (C=O) groups is 2. The molecule has 19 heteroatoms. The largest absolute Gasteiger partial charge is 0.481 e. The summed E-state index contributed by atoms with van der Waals surface area (Å²) in [4.78, 5) is 46.7. The van der Waals surface area contributed by atoms with E-state index in [0.29, 0.717) is 17.9 Å². The third-order valence-corrected chi connectivity index (χ3v) is 4.86. The number of carboxylic acids is 2. The standard InChI is InChI=1S/C22H29N11O8/c1-2-23-22(40)41-21-26-10-25-18(33-21)27-11-3-5-12(6-4-11)28-19-30-17(24-8-13(35)9-34)31-20(32-19)29-14(16(38)39)7-15(36)37/h3-6,10,13-14,22-23,34-35,40H,2,7-9H2,1H3,(H,36,37)(H,38,39)(H,25,26,27,33)(H3,24,28,29,30,31,32). The molecule has 0 amide bonds. The maximum atomic E-state index is 11.5. The van der Waals surface area contributed by atoms with E-state index < -0.39 is 43.5 Å². The highest BCUT2D eigenvalue weighted by atomic mass is 16.6. The predicted molar refractivity (Wildman–Crippen MR) is 142 cm³/mol. The lowest BCUT2D eigenvalue weighted by Crippen LogP contribution is -2.34. The van der Waals surface area contributed by atoms with Gasteiger partial charge in [-0.2, -0.15) is 24.9 Å². The summed E-state index contributed by atoms with van der Waals surface area (Å²) in [5, 5.41) is 60.3. The molecule has 3 aromatic rings. The van der Waals surface area contributed by atoms with Gasteiger partial charge in [-0.05, 0) is 30.8 Å². The maximum absolute atomic E-state index is 11.5. The van der Waals surface area contributed by atoms with Crippen LogP contribution in [-0.2, 0) is 9.59 Å². The van der Waals surface area contributed by atoms with Gasteiger partial charge < -0.3 is 51.5 Å². The van der Waals surface area contributed by atoms with E-state index in [4.69, 9.17) is 14.9 Å². The molecule has 19 nitrogen and oxygen atoms in total. The van der Waals surface area contributed by atoms with Crippen LogP contribution < -0.4 is 31.3 Å². The highest BCUT2D eigenvalue weighted by Crippen LogP contribution is 2.21. The maximum Gasteiger partial charge on any atom is 0.326 e. The van der Waals surface area contributed by atoms with Crippen molar-refractivity contribution in [2.24, 2.45) is 0 Å². The van der Waals surface area contributed by atoms with Crippen LogP contribution in [0.15, 0.2) is 30.6 Å². The summed E-state index contributed by atoms with van der Waals surface area (Å²) < 4.78 is 5.15. The molecule has 2 heterocycles. The Labute approximate surface area is 232 Å². The molecule has 3 atom stereocenters. The second-order valence-electron chi connectivity index (χ2n) is 8.10. The normalized spacial score (nSPS) is 13.0. The zero-order chi connectivity index (χ0) is 29.8. The number of nitrogens with one attached hydrogen (secondary N) is 5. The smallest absolute Gasteiger partial charge is 0.326 e. The molecule has 3 rings (SSSR count). The lowest BCUT2D eigenvalue weighted by molar-refractivity contribution is -0.144. The van der Waals surface area contributed by atoms with E-state index in [1.54, 1.807) is 31.2 Å². The molecular formula is C22H29N11O8. The molecule has 0 saturated carbocycles. The Morgan fingerprint density at radius 1 is 0.902 bits per heavy atom. The number of benzene rings is 1. The summed E-state index contributed by atoms with van der Waals surface area (Å²) >= 11 is 0. The van der Waals surface area contributed by atoms with Crippen LogP contribution in [0.4, 0.5) is 35.2 Å². The van der Waals surface area contributed by atoms with Crippen LogP contribution in [0.2, 0.25) is 0 Å². The fourth-order valence-electron chi connectivity index (χ4n) is 2.99. The third-order valence-electron chi connectivity index (χ3n) is 4.86. The number of aliphatic hydroxyl groups excluding tert-OH is 3. The molecular weight excluding hydrogens is 546 g/mol. The Balaban J connectivity index is 1.74. The van der Waals surface area contributed by atoms with Gasteiger partial charge in [0.15, 0.2) is 0 Å². The highest BCUT2D eigenvalue weighted by Gasteiger charge is 2.23. The number of hydrogen-bond acceptors (Lipinski definition) is 17. The number of anilines is 6. The number of aliphatic hydroxyl groups is 3. The van der Waals surface area contributed by atoms with Gasteiger partial charge in [0.25, 0.3) is 6.41 Å². The number of ether oxygens (including phenoxy) is 1. The van der Waals surface area contributed by atoms with Gasteiger partial charge in [0, 0.05) is 17.9 Å². The fraction of sp³-hybridized carbons (Fsp3) is 0.364. The number of aliphatic carboxylic acids is 2. The van der Waals surface area contributed by atoms with Crippen molar-refractivity contribution in [3.8, 4) is 6.01 Å². The Hall–Kier alpha value is -4.98. The summed E-state index contributed by atoms with van der Waals surface area (Å²) in [5.41, 5.74) is 1.08. The molecule has 0 aliphatic heterocycles.